The van der Waals surface area contributed by atoms with Crippen molar-refractivity contribution < 1.29 is 0 Å². The molecule has 0 saturated heterocycles. The van der Waals surface area contributed by atoms with Gasteiger partial charge in [0, 0.05) is 18.3 Å². The number of nitrogens with one attached hydrogen (secondary N) is 1. The van der Waals surface area contributed by atoms with Crippen molar-refractivity contribution >= 4 is 5.82 Å². The van der Waals surface area contributed by atoms with Gasteiger partial charge in [-0.2, -0.15) is 0 Å². The van der Waals surface area contributed by atoms with Crippen molar-refractivity contribution in [3.63, 3.8) is 0 Å². The van der Waals surface area contributed by atoms with Crippen LogP contribution in [0.4, 0.5) is 5.82 Å². The molecule has 3 N–H and O–H groups in total. The lowest BCUT2D eigenvalue weighted by Gasteiger charge is -2.08. The van der Waals surface area contributed by atoms with Gasteiger partial charge in [-0.25, -0.2) is 4.98 Å². The van der Waals surface area contributed by atoms with E-state index in [1.807, 2.05) is 6.92 Å². The molecule has 1 aliphatic rings. The van der Waals surface area contributed by atoms with Crippen LogP contribution in [0.25, 0.3) is 0 Å². The molecule has 1 atom stereocenters. The van der Waals surface area contributed by atoms with E-state index >= 15 is 0 Å². The van der Waals surface area contributed by atoms with E-state index in [1.54, 1.807) is 0 Å². The van der Waals surface area contributed by atoms with E-state index in [9.17, 15) is 0 Å². The molecule has 15 heavy (non-hydrogen) atoms. The van der Waals surface area contributed by atoms with E-state index in [1.165, 1.54) is 24.1 Å². The second kappa shape index (κ2) is 4.62. The molecule has 0 bridgehead atoms. The summed E-state index contributed by atoms with van der Waals surface area (Å²) < 4.78 is 0. The minimum atomic E-state index is 0.256. The van der Waals surface area contributed by atoms with E-state index in [0.29, 0.717) is 0 Å². The number of pyridine rings is 1. The molecule has 1 heterocycles. The van der Waals surface area contributed by atoms with Gasteiger partial charge in [0.15, 0.2) is 0 Å². The van der Waals surface area contributed by atoms with Gasteiger partial charge in [0.2, 0.25) is 0 Å². The summed E-state index contributed by atoms with van der Waals surface area (Å²) in [6.45, 7) is 2.93. The van der Waals surface area contributed by atoms with Gasteiger partial charge in [0.1, 0.15) is 5.82 Å². The molecule has 82 valence electrons. The summed E-state index contributed by atoms with van der Waals surface area (Å²) in [5, 5.41) is 3.31. The smallest absolute Gasteiger partial charge is 0.126 e. The minimum absolute atomic E-state index is 0.256. The summed E-state index contributed by atoms with van der Waals surface area (Å²) >= 11 is 0. The van der Waals surface area contributed by atoms with E-state index < -0.39 is 0 Å². The summed E-state index contributed by atoms with van der Waals surface area (Å²) in [7, 11) is 0. The lowest BCUT2D eigenvalue weighted by atomic mass is 10.2. The summed E-state index contributed by atoms with van der Waals surface area (Å²) in [4.78, 5) is 4.60. The molecule has 0 fully saturated rings. The van der Waals surface area contributed by atoms with Crippen LogP contribution in [0.15, 0.2) is 12.1 Å². The maximum Gasteiger partial charge on any atom is 0.126 e. The van der Waals surface area contributed by atoms with Gasteiger partial charge < -0.3 is 11.1 Å². The van der Waals surface area contributed by atoms with Crippen molar-refractivity contribution in [3.8, 4) is 0 Å². The number of nitrogens with zero attached hydrogens (tertiary/aromatic N) is 1. The van der Waals surface area contributed by atoms with Gasteiger partial charge >= 0.3 is 0 Å². The molecule has 1 aromatic rings. The Morgan fingerprint density at radius 2 is 2.33 bits per heavy atom. The van der Waals surface area contributed by atoms with Crippen molar-refractivity contribution in [1.29, 1.82) is 0 Å². The number of nitrogens with two attached hydrogens (primary N) is 1. The molecular formula is C12H19N3. The average Bonchev–Trinajstić information content (AvgIpc) is 2.64. The highest BCUT2D eigenvalue weighted by Gasteiger charge is 2.11. The zero-order valence-electron chi connectivity index (χ0n) is 9.29. The number of fused-ring (bicyclic) bond motifs is 1. The first-order valence-electron chi connectivity index (χ1n) is 5.74. The molecule has 1 aromatic heterocycles. The Balaban J connectivity index is 1.92. The highest BCUT2D eigenvalue weighted by atomic mass is 15.0. The maximum absolute atomic E-state index is 5.69. The van der Waals surface area contributed by atoms with Crippen LogP contribution in [0.3, 0.4) is 0 Å². The molecule has 0 spiro atoms. The van der Waals surface area contributed by atoms with Crippen molar-refractivity contribution in [3.05, 3.63) is 23.4 Å². The van der Waals surface area contributed by atoms with Crippen molar-refractivity contribution in [2.45, 2.75) is 38.6 Å². The highest BCUT2D eigenvalue weighted by Crippen LogP contribution is 2.21. The predicted molar refractivity (Wildman–Crippen MR) is 63.0 cm³/mol. The normalized spacial score (nSPS) is 16.1. The molecule has 0 aromatic carbocycles. The summed E-state index contributed by atoms with van der Waals surface area (Å²) in [6.07, 6.45) is 4.57. The molecule has 1 unspecified atom stereocenters. The van der Waals surface area contributed by atoms with Crippen LogP contribution >= 0.6 is 0 Å². The zero-order chi connectivity index (χ0) is 10.7. The van der Waals surface area contributed by atoms with E-state index in [4.69, 9.17) is 5.73 Å². The Hall–Kier alpha value is -1.09. The Morgan fingerprint density at radius 1 is 1.47 bits per heavy atom. The molecule has 0 radical (unpaired) electrons. The summed E-state index contributed by atoms with van der Waals surface area (Å²) in [5.74, 6) is 0.997. The van der Waals surface area contributed by atoms with Crippen LogP contribution in [0.2, 0.25) is 0 Å². The number of aromatic nitrogens is 1. The number of anilines is 1. The number of aryl methyl sites for hydroxylation is 2. The van der Waals surface area contributed by atoms with Crippen molar-refractivity contribution in [2.24, 2.45) is 5.73 Å². The molecule has 3 nitrogen and oxygen atoms in total. The largest absolute Gasteiger partial charge is 0.370 e. The third kappa shape index (κ3) is 2.69. The van der Waals surface area contributed by atoms with E-state index in [-0.39, 0.29) is 6.04 Å². The Kier molecular flexibility index (Phi) is 3.21. The fourth-order valence-corrected chi connectivity index (χ4v) is 1.95. The van der Waals surface area contributed by atoms with Gasteiger partial charge in [-0.05, 0) is 44.2 Å². The third-order valence-corrected chi connectivity index (χ3v) is 2.83. The van der Waals surface area contributed by atoms with Gasteiger partial charge in [-0.1, -0.05) is 6.07 Å². The standard InChI is InChI=1S/C12H19N3/c1-9(13)7-8-14-12-6-5-10-3-2-4-11(10)15-12/h5-6,9H,2-4,7-8,13H2,1H3,(H,14,15). The van der Waals surface area contributed by atoms with Crippen LogP contribution < -0.4 is 11.1 Å². The van der Waals surface area contributed by atoms with Gasteiger partial charge in [0.25, 0.3) is 0 Å². The third-order valence-electron chi connectivity index (χ3n) is 2.83. The first-order chi connectivity index (χ1) is 7.25. The second-order valence-corrected chi connectivity index (χ2v) is 4.35. The lowest BCUT2D eigenvalue weighted by Crippen LogP contribution is -2.19. The highest BCUT2D eigenvalue weighted by molar-refractivity contribution is 5.40. The number of hydrogen-bond acceptors (Lipinski definition) is 3. The van der Waals surface area contributed by atoms with Crippen LogP contribution in [0.1, 0.15) is 31.0 Å². The number of rotatable bonds is 4. The topological polar surface area (TPSA) is 50.9 Å². The zero-order valence-corrected chi connectivity index (χ0v) is 9.29. The van der Waals surface area contributed by atoms with Crippen LogP contribution in [-0.2, 0) is 12.8 Å². The Labute approximate surface area is 91.1 Å². The summed E-state index contributed by atoms with van der Waals surface area (Å²) in [5.41, 5.74) is 8.39. The molecular weight excluding hydrogens is 186 g/mol. The van der Waals surface area contributed by atoms with Gasteiger partial charge in [-0.3, -0.25) is 0 Å². The molecule has 0 saturated carbocycles. The van der Waals surface area contributed by atoms with Crippen LogP contribution in [0.5, 0.6) is 0 Å². The second-order valence-electron chi connectivity index (χ2n) is 4.35. The Morgan fingerprint density at radius 3 is 3.13 bits per heavy atom. The van der Waals surface area contributed by atoms with Crippen molar-refractivity contribution in [1.82, 2.24) is 4.98 Å². The molecule has 1 aliphatic carbocycles. The monoisotopic (exact) mass is 205 g/mol. The molecule has 0 amide bonds. The van der Waals surface area contributed by atoms with Gasteiger partial charge in [0.05, 0.1) is 0 Å². The fourth-order valence-electron chi connectivity index (χ4n) is 1.95. The molecule has 3 heteroatoms. The maximum atomic E-state index is 5.69. The van der Waals surface area contributed by atoms with Crippen LogP contribution in [-0.4, -0.2) is 17.6 Å². The van der Waals surface area contributed by atoms with E-state index in [0.717, 1.165) is 25.2 Å². The molecule has 2 rings (SSSR count). The fraction of sp³-hybridized carbons (Fsp3) is 0.583. The average molecular weight is 205 g/mol. The first-order valence-corrected chi connectivity index (χ1v) is 5.74. The van der Waals surface area contributed by atoms with Gasteiger partial charge in [-0.15, -0.1) is 0 Å². The summed E-state index contributed by atoms with van der Waals surface area (Å²) in [6, 6.07) is 4.53. The minimum Gasteiger partial charge on any atom is -0.370 e. The number of hydrogen-bond donors (Lipinski definition) is 2. The SMILES string of the molecule is CC(N)CCNc1ccc2c(n1)CCC2. The Bertz CT molecular complexity index is 334. The van der Waals surface area contributed by atoms with E-state index in [2.05, 4.69) is 22.4 Å². The van der Waals surface area contributed by atoms with Crippen LogP contribution in [0, 0.1) is 0 Å². The quantitative estimate of drug-likeness (QED) is 0.787. The predicted octanol–water partition coefficient (Wildman–Crippen LogP) is 1.72. The lowest BCUT2D eigenvalue weighted by molar-refractivity contribution is 0.689. The first kappa shape index (κ1) is 10.4. The molecule has 0 aliphatic heterocycles. The van der Waals surface area contributed by atoms with Crippen molar-refractivity contribution in [2.75, 3.05) is 11.9 Å².